The zero-order valence-corrected chi connectivity index (χ0v) is 20.8. The maximum absolute atomic E-state index is 15.4. The van der Waals surface area contributed by atoms with E-state index in [9.17, 15) is 23.8 Å². The van der Waals surface area contributed by atoms with E-state index in [1.807, 2.05) is 6.92 Å². The standard InChI is InChI=1S/C26H29ClF3NO5/c1-14(24(33)34)22(32)18-5-3-16-7-8-26(36-23(16)21(18)28)9-11-31(12-10-26)15(2)19-13-17(27)4-6-20(19)35-25(29)30/h3-6,13-15,22,25,32H,7-12H2,1-2H3,(H,33,34)/t14-,15?,22+/m0/s1. The Morgan fingerprint density at radius 1 is 1.14 bits per heavy atom. The number of ether oxygens (including phenoxy) is 2. The first kappa shape index (κ1) is 26.6. The Kier molecular flexibility index (Phi) is 7.73. The Bertz CT molecular complexity index is 1120. The number of nitrogens with zero attached hydrogens (tertiary/aromatic N) is 1. The lowest BCUT2D eigenvalue weighted by molar-refractivity contribution is -0.145. The number of halogens is 4. The maximum Gasteiger partial charge on any atom is 0.387 e. The van der Waals surface area contributed by atoms with Crippen LogP contribution >= 0.6 is 11.6 Å². The van der Waals surface area contributed by atoms with E-state index in [1.165, 1.54) is 25.1 Å². The molecule has 2 aliphatic rings. The number of piperidine rings is 1. The van der Waals surface area contributed by atoms with Gasteiger partial charge < -0.3 is 19.7 Å². The molecule has 3 atom stereocenters. The summed E-state index contributed by atoms with van der Waals surface area (Å²) >= 11 is 6.12. The molecule has 2 N–H and O–H groups in total. The highest BCUT2D eigenvalue weighted by molar-refractivity contribution is 6.30. The van der Waals surface area contributed by atoms with Crippen LogP contribution in [0.5, 0.6) is 11.5 Å². The fourth-order valence-electron chi connectivity index (χ4n) is 5.10. The highest BCUT2D eigenvalue weighted by Crippen LogP contribution is 2.44. The van der Waals surface area contributed by atoms with Gasteiger partial charge in [-0.05, 0) is 63.3 Å². The van der Waals surface area contributed by atoms with E-state index in [4.69, 9.17) is 21.1 Å². The van der Waals surface area contributed by atoms with Crippen LogP contribution in [0.3, 0.4) is 0 Å². The SMILES string of the molecule is CC(c1cc(Cl)ccc1OC(F)F)N1CCC2(CCc3ccc([C@H](O)[C@H](C)C(=O)O)c(F)c3O2)CC1. The van der Waals surface area contributed by atoms with Gasteiger partial charge in [0.15, 0.2) is 11.6 Å². The van der Waals surface area contributed by atoms with E-state index < -0.39 is 36.0 Å². The van der Waals surface area contributed by atoms with Crippen LogP contribution in [-0.4, -0.2) is 46.4 Å². The topological polar surface area (TPSA) is 79.2 Å². The Morgan fingerprint density at radius 2 is 1.83 bits per heavy atom. The van der Waals surface area contributed by atoms with Gasteiger partial charge in [0, 0.05) is 35.3 Å². The summed E-state index contributed by atoms with van der Waals surface area (Å²) < 4.78 is 52.1. The number of aliphatic hydroxyl groups is 1. The number of rotatable bonds is 7. The second-order valence-electron chi connectivity index (χ2n) is 9.59. The lowest BCUT2D eigenvalue weighted by Crippen LogP contribution is -2.50. The number of benzene rings is 2. The number of likely N-dealkylation sites (tertiary alicyclic amines) is 1. The summed E-state index contributed by atoms with van der Waals surface area (Å²) in [5, 5.41) is 20.0. The van der Waals surface area contributed by atoms with E-state index in [0.717, 1.165) is 0 Å². The molecule has 2 aromatic rings. The average Bonchev–Trinajstić information content (AvgIpc) is 2.84. The Labute approximate surface area is 212 Å². The van der Waals surface area contributed by atoms with Gasteiger partial charge in [0.25, 0.3) is 0 Å². The molecule has 10 heteroatoms. The lowest BCUT2D eigenvalue weighted by atomic mass is 9.82. The summed E-state index contributed by atoms with van der Waals surface area (Å²) in [5.74, 6) is -2.98. The van der Waals surface area contributed by atoms with Crippen LogP contribution in [0.4, 0.5) is 13.2 Å². The fourth-order valence-corrected chi connectivity index (χ4v) is 5.28. The minimum absolute atomic E-state index is 0.0688. The molecule has 0 saturated carbocycles. The fraction of sp³-hybridized carbons (Fsp3) is 0.500. The summed E-state index contributed by atoms with van der Waals surface area (Å²) in [4.78, 5) is 13.4. The molecule has 2 heterocycles. The molecule has 36 heavy (non-hydrogen) atoms. The molecule has 0 bridgehead atoms. The van der Waals surface area contributed by atoms with Crippen molar-refractivity contribution in [2.45, 2.75) is 63.9 Å². The minimum atomic E-state index is -2.95. The second kappa shape index (κ2) is 10.5. The van der Waals surface area contributed by atoms with Gasteiger partial charge in [0.05, 0.1) is 12.0 Å². The van der Waals surface area contributed by atoms with Gasteiger partial charge in [-0.2, -0.15) is 8.78 Å². The van der Waals surface area contributed by atoms with Gasteiger partial charge in [0.2, 0.25) is 0 Å². The molecule has 1 saturated heterocycles. The quantitative estimate of drug-likeness (QED) is 0.477. The van der Waals surface area contributed by atoms with Crippen molar-refractivity contribution in [2.24, 2.45) is 5.92 Å². The summed E-state index contributed by atoms with van der Waals surface area (Å²) in [5.41, 5.74) is 0.536. The van der Waals surface area contributed by atoms with Crippen molar-refractivity contribution in [2.75, 3.05) is 13.1 Å². The van der Waals surface area contributed by atoms with Gasteiger partial charge in [0.1, 0.15) is 11.4 Å². The van der Waals surface area contributed by atoms with E-state index in [2.05, 4.69) is 4.90 Å². The number of alkyl halides is 2. The number of carboxylic acid groups (broad SMARTS) is 1. The third-order valence-corrected chi connectivity index (χ3v) is 7.69. The van der Waals surface area contributed by atoms with Crippen LogP contribution in [0.1, 0.15) is 61.9 Å². The molecular formula is C26H29ClF3NO5. The lowest BCUT2D eigenvalue weighted by Gasteiger charge is -2.46. The number of aliphatic carboxylic acids is 1. The van der Waals surface area contributed by atoms with Crippen molar-refractivity contribution in [3.8, 4) is 11.5 Å². The van der Waals surface area contributed by atoms with Gasteiger partial charge in [-0.15, -0.1) is 0 Å². The molecule has 6 nitrogen and oxygen atoms in total. The number of aliphatic hydroxyl groups excluding tert-OH is 1. The van der Waals surface area contributed by atoms with Crippen molar-refractivity contribution < 1.29 is 37.7 Å². The summed E-state index contributed by atoms with van der Waals surface area (Å²) in [6.07, 6.45) is 0.943. The van der Waals surface area contributed by atoms with Crippen LogP contribution in [0.15, 0.2) is 30.3 Å². The zero-order chi connectivity index (χ0) is 26.2. The molecular weight excluding hydrogens is 499 g/mol. The van der Waals surface area contributed by atoms with Gasteiger partial charge in [-0.3, -0.25) is 9.69 Å². The molecule has 4 rings (SSSR count). The zero-order valence-electron chi connectivity index (χ0n) is 20.0. The van der Waals surface area contributed by atoms with Crippen molar-refractivity contribution >= 4 is 17.6 Å². The smallest absolute Gasteiger partial charge is 0.387 e. The van der Waals surface area contributed by atoms with Crippen molar-refractivity contribution in [1.29, 1.82) is 0 Å². The first-order valence-electron chi connectivity index (χ1n) is 11.9. The van der Waals surface area contributed by atoms with Crippen LogP contribution in [-0.2, 0) is 11.2 Å². The summed E-state index contributed by atoms with van der Waals surface area (Å²) in [7, 11) is 0. The minimum Gasteiger partial charge on any atom is -0.484 e. The molecule has 1 unspecified atom stereocenters. The molecule has 196 valence electrons. The molecule has 2 aromatic carbocycles. The molecule has 1 fully saturated rings. The second-order valence-corrected chi connectivity index (χ2v) is 10.0. The van der Waals surface area contributed by atoms with E-state index in [-0.39, 0.29) is 23.1 Å². The maximum atomic E-state index is 15.4. The Morgan fingerprint density at radius 3 is 2.47 bits per heavy atom. The number of hydrogen-bond donors (Lipinski definition) is 2. The van der Waals surface area contributed by atoms with E-state index in [0.29, 0.717) is 54.9 Å². The third-order valence-electron chi connectivity index (χ3n) is 7.45. The molecule has 0 amide bonds. The molecule has 0 aromatic heterocycles. The number of hydrogen-bond acceptors (Lipinski definition) is 5. The molecule has 0 aliphatic carbocycles. The van der Waals surface area contributed by atoms with Gasteiger partial charge >= 0.3 is 12.6 Å². The molecule has 2 aliphatic heterocycles. The summed E-state index contributed by atoms with van der Waals surface area (Å²) in [6.45, 7) is 1.43. The van der Waals surface area contributed by atoms with Gasteiger partial charge in [-0.1, -0.05) is 23.7 Å². The van der Waals surface area contributed by atoms with Crippen LogP contribution in [0, 0.1) is 11.7 Å². The summed E-state index contributed by atoms with van der Waals surface area (Å²) in [6, 6.07) is 7.43. The number of fused-ring (bicyclic) bond motifs is 1. The Balaban J connectivity index is 1.50. The average molecular weight is 528 g/mol. The van der Waals surface area contributed by atoms with E-state index in [1.54, 1.807) is 12.1 Å². The number of aryl methyl sites for hydroxylation is 1. The first-order chi connectivity index (χ1) is 17.0. The third kappa shape index (κ3) is 5.28. The predicted molar refractivity (Wildman–Crippen MR) is 127 cm³/mol. The van der Waals surface area contributed by atoms with Crippen LogP contribution in [0.2, 0.25) is 5.02 Å². The van der Waals surface area contributed by atoms with Crippen molar-refractivity contribution in [1.82, 2.24) is 4.90 Å². The molecule has 0 radical (unpaired) electrons. The van der Waals surface area contributed by atoms with Gasteiger partial charge in [-0.25, -0.2) is 4.39 Å². The largest absolute Gasteiger partial charge is 0.484 e. The normalized spacial score (nSPS) is 19.9. The number of carbonyl (C=O) groups is 1. The predicted octanol–water partition coefficient (Wildman–Crippen LogP) is 5.76. The number of carboxylic acids is 1. The Hall–Kier alpha value is -2.49. The van der Waals surface area contributed by atoms with Crippen molar-refractivity contribution in [3.63, 3.8) is 0 Å². The van der Waals surface area contributed by atoms with Crippen LogP contribution in [0.25, 0.3) is 0 Å². The van der Waals surface area contributed by atoms with Crippen molar-refractivity contribution in [3.05, 3.63) is 57.9 Å². The highest BCUT2D eigenvalue weighted by Gasteiger charge is 2.42. The van der Waals surface area contributed by atoms with E-state index >= 15 is 4.39 Å². The molecule has 1 spiro atoms. The van der Waals surface area contributed by atoms with Crippen LogP contribution < -0.4 is 9.47 Å². The first-order valence-corrected chi connectivity index (χ1v) is 12.3. The highest BCUT2D eigenvalue weighted by atomic mass is 35.5. The monoisotopic (exact) mass is 527 g/mol.